The average molecular weight is 298 g/mol. The Morgan fingerprint density at radius 2 is 2.22 bits per heavy atom. The van der Waals surface area contributed by atoms with E-state index in [0.717, 1.165) is 24.5 Å². The third-order valence-electron chi connectivity index (χ3n) is 2.48. The van der Waals surface area contributed by atoms with Crippen molar-refractivity contribution in [1.82, 2.24) is 5.32 Å². The third kappa shape index (κ3) is 4.02. The number of rotatable bonds is 6. The third-order valence-corrected chi connectivity index (χ3v) is 4.86. The van der Waals surface area contributed by atoms with Crippen molar-refractivity contribution in [2.75, 3.05) is 6.54 Å². The molecule has 0 spiro atoms. The van der Waals surface area contributed by atoms with Crippen molar-refractivity contribution >= 4 is 34.7 Å². The second kappa shape index (κ2) is 7.19. The molecular weight excluding hydrogens is 282 g/mol. The van der Waals surface area contributed by atoms with Crippen molar-refractivity contribution in [3.05, 3.63) is 46.3 Å². The minimum Gasteiger partial charge on any atom is -0.313 e. The predicted molar refractivity (Wildman–Crippen MR) is 81.9 cm³/mol. The molecule has 0 radical (unpaired) electrons. The molecule has 2 aromatic rings. The highest BCUT2D eigenvalue weighted by atomic mass is 35.5. The van der Waals surface area contributed by atoms with E-state index in [9.17, 15) is 0 Å². The molecule has 96 valence electrons. The summed E-state index contributed by atoms with van der Waals surface area (Å²) in [4.78, 5) is 1.20. The van der Waals surface area contributed by atoms with Gasteiger partial charge in [-0.1, -0.05) is 42.4 Å². The predicted octanol–water partition coefficient (Wildman–Crippen LogP) is 5.05. The van der Waals surface area contributed by atoms with Crippen LogP contribution in [0.3, 0.4) is 0 Å². The lowest BCUT2D eigenvalue weighted by molar-refractivity contribution is 0.675. The minimum atomic E-state index is 0.844. The summed E-state index contributed by atoms with van der Waals surface area (Å²) in [6.07, 6.45) is 1.14. The zero-order chi connectivity index (χ0) is 12.8. The van der Waals surface area contributed by atoms with E-state index in [4.69, 9.17) is 11.6 Å². The van der Waals surface area contributed by atoms with E-state index in [1.807, 2.05) is 0 Å². The molecule has 0 amide bonds. The summed E-state index contributed by atoms with van der Waals surface area (Å²) in [5, 5.41) is 6.31. The highest BCUT2D eigenvalue weighted by Crippen LogP contribution is 2.33. The Balaban J connectivity index is 2.00. The lowest BCUT2D eigenvalue weighted by Crippen LogP contribution is -2.13. The fraction of sp³-hybridized carbons (Fsp3) is 0.286. The van der Waals surface area contributed by atoms with Gasteiger partial charge in [-0.05, 0) is 42.1 Å². The van der Waals surface area contributed by atoms with E-state index in [2.05, 4.69) is 48.0 Å². The molecule has 1 aromatic carbocycles. The van der Waals surface area contributed by atoms with Crippen LogP contribution >= 0.6 is 34.7 Å². The molecule has 0 bridgehead atoms. The minimum absolute atomic E-state index is 0.844. The van der Waals surface area contributed by atoms with E-state index in [-0.39, 0.29) is 0 Å². The molecule has 1 nitrogen and oxygen atoms in total. The first-order valence-corrected chi connectivity index (χ1v) is 8.07. The van der Waals surface area contributed by atoms with Crippen LogP contribution in [-0.2, 0) is 6.54 Å². The molecule has 0 saturated carbocycles. The van der Waals surface area contributed by atoms with Crippen LogP contribution in [0.2, 0.25) is 5.02 Å². The first-order chi connectivity index (χ1) is 8.79. The summed E-state index contributed by atoms with van der Waals surface area (Å²) in [5.74, 6) is 0. The first-order valence-electron chi connectivity index (χ1n) is 6.00. The molecule has 1 heterocycles. The van der Waals surface area contributed by atoms with Crippen LogP contribution in [0.1, 0.15) is 18.9 Å². The standard InChI is InChI=1S/C14H16ClNS2/c1-2-7-16-10-11-5-6-12(9-13(11)15)18-14-4-3-8-17-14/h3-6,8-9,16H,2,7,10H2,1H3. The highest BCUT2D eigenvalue weighted by Gasteiger charge is 2.03. The fourth-order valence-electron chi connectivity index (χ4n) is 1.57. The number of hydrogen-bond donors (Lipinski definition) is 1. The van der Waals surface area contributed by atoms with Gasteiger partial charge in [0.15, 0.2) is 0 Å². The normalized spacial score (nSPS) is 10.8. The number of benzene rings is 1. The summed E-state index contributed by atoms with van der Waals surface area (Å²) in [6.45, 7) is 4.04. The topological polar surface area (TPSA) is 12.0 Å². The molecule has 1 aromatic heterocycles. The number of halogens is 1. The summed E-state index contributed by atoms with van der Waals surface area (Å²) in [5.41, 5.74) is 1.17. The zero-order valence-electron chi connectivity index (χ0n) is 10.3. The second-order valence-electron chi connectivity index (χ2n) is 3.96. The smallest absolute Gasteiger partial charge is 0.0646 e. The number of thiophene rings is 1. The van der Waals surface area contributed by atoms with Gasteiger partial charge in [0.1, 0.15) is 0 Å². The first kappa shape index (κ1) is 13.9. The van der Waals surface area contributed by atoms with Gasteiger partial charge in [0.05, 0.1) is 4.21 Å². The molecule has 2 rings (SSSR count). The molecule has 0 fully saturated rings. The molecule has 1 N–H and O–H groups in total. The summed E-state index contributed by atoms with van der Waals surface area (Å²) in [7, 11) is 0. The van der Waals surface area contributed by atoms with Gasteiger partial charge in [0, 0.05) is 16.5 Å². The van der Waals surface area contributed by atoms with Crippen molar-refractivity contribution in [2.24, 2.45) is 0 Å². The maximum Gasteiger partial charge on any atom is 0.0646 e. The summed E-state index contributed by atoms with van der Waals surface area (Å²) < 4.78 is 1.29. The van der Waals surface area contributed by atoms with Crippen molar-refractivity contribution < 1.29 is 0 Å². The largest absolute Gasteiger partial charge is 0.313 e. The van der Waals surface area contributed by atoms with E-state index >= 15 is 0 Å². The Morgan fingerprint density at radius 1 is 1.33 bits per heavy atom. The van der Waals surface area contributed by atoms with Gasteiger partial charge in [-0.2, -0.15) is 0 Å². The van der Waals surface area contributed by atoms with E-state index in [0.29, 0.717) is 0 Å². The molecule has 0 unspecified atom stereocenters. The summed E-state index contributed by atoms with van der Waals surface area (Å²) in [6, 6.07) is 10.5. The lowest BCUT2D eigenvalue weighted by Gasteiger charge is -2.07. The molecule has 0 atom stereocenters. The molecular formula is C14H16ClNS2. The van der Waals surface area contributed by atoms with Gasteiger partial charge >= 0.3 is 0 Å². The van der Waals surface area contributed by atoms with Crippen molar-refractivity contribution in [2.45, 2.75) is 29.0 Å². The molecule has 0 aliphatic heterocycles. The van der Waals surface area contributed by atoms with Gasteiger partial charge < -0.3 is 5.32 Å². The molecule has 4 heteroatoms. The van der Waals surface area contributed by atoms with Gasteiger partial charge in [0.2, 0.25) is 0 Å². The SMILES string of the molecule is CCCNCc1ccc(Sc2cccs2)cc1Cl. The molecule has 18 heavy (non-hydrogen) atoms. The lowest BCUT2D eigenvalue weighted by atomic mass is 10.2. The van der Waals surface area contributed by atoms with E-state index in [1.54, 1.807) is 23.1 Å². The number of hydrogen-bond acceptors (Lipinski definition) is 3. The Hall–Kier alpha value is -0.480. The average Bonchev–Trinajstić information content (AvgIpc) is 2.85. The van der Waals surface area contributed by atoms with E-state index in [1.165, 1.54) is 14.7 Å². The van der Waals surface area contributed by atoms with Crippen molar-refractivity contribution in [3.8, 4) is 0 Å². The quantitative estimate of drug-likeness (QED) is 0.749. The molecule has 0 aliphatic carbocycles. The maximum atomic E-state index is 6.30. The van der Waals surface area contributed by atoms with Crippen LogP contribution in [0.25, 0.3) is 0 Å². The fourth-order valence-corrected chi connectivity index (χ4v) is 3.67. The highest BCUT2D eigenvalue weighted by molar-refractivity contribution is 8.01. The molecule has 0 saturated heterocycles. The Labute approximate surface area is 122 Å². The van der Waals surface area contributed by atoms with Crippen LogP contribution < -0.4 is 5.32 Å². The molecule has 0 aliphatic rings. The number of nitrogens with one attached hydrogen (secondary N) is 1. The van der Waals surface area contributed by atoms with Crippen LogP contribution in [0, 0.1) is 0 Å². The Kier molecular flexibility index (Phi) is 5.57. The second-order valence-corrected chi connectivity index (χ2v) is 6.69. The monoisotopic (exact) mass is 297 g/mol. The van der Waals surface area contributed by atoms with Crippen molar-refractivity contribution in [3.63, 3.8) is 0 Å². The Morgan fingerprint density at radius 3 is 2.89 bits per heavy atom. The van der Waals surface area contributed by atoms with Crippen molar-refractivity contribution in [1.29, 1.82) is 0 Å². The van der Waals surface area contributed by atoms with Crippen LogP contribution in [0.4, 0.5) is 0 Å². The van der Waals surface area contributed by atoms with Gasteiger partial charge in [0.25, 0.3) is 0 Å². The van der Waals surface area contributed by atoms with Gasteiger partial charge in [-0.15, -0.1) is 11.3 Å². The van der Waals surface area contributed by atoms with Gasteiger partial charge in [-0.25, -0.2) is 0 Å². The Bertz CT molecular complexity index is 483. The van der Waals surface area contributed by atoms with Crippen LogP contribution in [-0.4, -0.2) is 6.54 Å². The van der Waals surface area contributed by atoms with E-state index < -0.39 is 0 Å². The van der Waals surface area contributed by atoms with Gasteiger partial charge in [-0.3, -0.25) is 0 Å². The van der Waals surface area contributed by atoms with Crippen LogP contribution in [0.15, 0.2) is 44.8 Å². The zero-order valence-corrected chi connectivity index (χ0v) is 12.7. The van der Waals surface area contributed by atoms with Crippen LogP contribution in [0.5, 0.6) is 0 Å². The summed E-state index contributed by atoms with van der Waals surface area (Å²) >= 11 is 9.81. The maximum absolute atomic E-state index is 6.30.